The Morgan fingerprint density at radius 3 is 2.80 bits per heavy atom. The average Bonchev–Trinajstić information content (AvgIpc) is 3.67. The number of carbonyl (C=O) groups excluding carboxylic acids is 1. The topological polar surface area (TPSA) is 113 Å². The van der Waals surface area contributed by atoms with Crippen LogP contribution < -0.4 is 10.2 Å². The van der Waals surface area contributed by atoms with Crippen LogP contribution in [0.1, 0.15) is 73.5 Å². The van der Waals surface area contributed by atoms with Gasteiger partial charge in [0.2, 0.25) is 17.8 Å². The van der Waals surface area contributed by atoms with Gasteiger partial charge in [-0.3, -0.25) is 9.89 Å². The van der Waals surface area contributed by atoms with Gasteiger partial charge < -0.3 is 10.2 Å². The van der Waals surface area contributed by atoms with Crippen molar-refractivity contribution >= 4 is 23.5 Å². The van der Waals surface area contributed by atoms with Gasteiger partial charge in [-0.15, -0.1) is 5.10 Å². The van der Waals surface area contributed by atoms with E-state index in [1.54, 1.807) is 6.07 Å². The van der Waals surface area contributed by atoms with E-state index in [1.807, 2.05) is 4.90 Å². The van der Waals surface area contributed by atoms with Crippen LogP contribution in [0.15, 0.2) is 18.3 Å². The number of rotatable bonds is 7. The maximum absolute atomic E-state index is 13.2. The summed E-state index contributed by atoms with van der Waals surface area (Å²) in [6.07, 6.45) is 10.9. The van der Waals surface area contributed by atoms with Crippen molar-refractivity contribution in [3.8, 4) is 0 Å². The summed E-state index contributed by atoms with van der Waals surface area (Å²) >= 11 is 0. The van der Waals surface area contributed by atoms with Crippen LogP contribution in [0.2, 0.25) is 0 Å². The second-order valence-corrected chi connectivity index (χ2v) is 9.79. The molecule has 1 saturated heterocycles. The van der Waals surface area contributed by atoms with Crippen molar-refractivity contribution in [2.75, 3.05) is 16.8 Å². The van der Waals surface area contributed by atoms with Crippen LogP contribution in [0, 0.1) is 5.95 Å². The summed E-state index contributed by atoms with van der Waals surface area (Å²) in [7, 11) is 0. The number of nitrogens with one attached hydrogen (secondary N) is 2. The fraction of sp³-hybridized carbons (Fsp3) is 0.520. The Morgan fingerprint density at radius 1 is 1.09 bits per heavy atom. The lowest BCUT2D eigenvalue weighted by atomic mass is 10.0. The molecule has 0 amide bonds. The van der Waals surface area contributed by atoms with E-state index in [-0.39, 0.29) is 18.2 Å². The Hall–Kier alpha value is -3.43. The van der Waals surface area contributed by atoms with Crippen molar-refractivity contribution in [2.45, 2.75) is 76.2 Å². The van der Waals surface area contributed by atoms with Crippen LogP contribution in [-0.4, -0.2) is 48.5 Å². The Morgan fingerprint density at radius 2 is 1.97 bits per heavy atom. The Labute approximate surface area is 203 Å². The van der Waals surface area contributed by atoms with Gasteiger partial charge in [0, 0.05) is 30.6 Å². The molecule has 10 heteroatoms. The van der Waals surface area contributed by atoms with Gasteiger partial charge in [-0.25, -0.2) is 9.97 Å². The van der Waals surface area contributed by atoms with E-state index >= 15 is 0 Å². The predicted molar refractivity (Wildman–Crippen MR) is 128 cm³/mol. The number of aromatic nitrogens is 6. The van der Waals surface area contributed by atoms with E-state index in [0.29, 0.717) is 23.4 Å². The van der Waals surface area contributed by atoms with Gasteiger partial charge in [0.05, 0.1) is 11.7 Å². The van der Waals surface area contributed by atoms with E-state index in [4.69, 9.17) is 15.0 Å². The number of nitrogens with zero attached hydrogens (tertiary/aromatic N) is 6. The van der Waals surface area contributed by atoms with E-state index in [2.05, 4.69) is 20.5 Å². The van der Waals surface area contributed by atoms with Gasteiger partial charge >= 0.3 is 0 Å². The smallest absolute Gasteiger partial charge is 0.247 e. The van der Waals surface area contributed by atoms with Crippen molar-refractivity contribution in [2.24, 2.45) is 0 Å². The lowest BCUT2D eigenvalue weighted by molar-refractivity contribution is -0.119. The normalized spacial score (nSPS) is 19.9. The summed E-state index contributed by atoms with van der Waals surface area (Å²) < 4.78 is 13.2. The molecule has 3 aromatic heterocycles. The van der Waals surface area contributed by atoms with Crippen molar-refractivity contribution in [1.82, 2.24) is 30.1 Å². The third-order valence-corrected chi connectivity index (χ3v) is 7.44. The summed E-state index contributed by atoms with van der Waals surface area (Å²) in [5, 5.41) is 10.8. The molecule has 0 aromatic carbocycles. The number of fused-ring (bicyclic) bond motifs is 1. The summed E-state index contributed by atoms with van der Waals surface area (Å²) in [6, 6.07) is 2.60. The first kappa shape index (κ1) is 22.1. The quantitative estimate of drug-likeness (QED) is 0.495. The van der Waals surface area contributed by atoms with Gasteiger partial charge in [-0.1, -0.05) is 18.9 Å². The number of pyridine rings is 1. The number of ketones is 1. The second kappa shape index (κ2) is 9.31. The van der Waals surface area contributed by atoms with E-state index in [0.717, 1.165) is 74.4 Å². The number of halogens is 1. The van der Waals surface area contributed by atoms with Gasteiger partial charge in [0.25, 0.3) is 0 Å². The number of carbonyl (C=O) groups is 1. The molecule has 0 spiro atoms. The number of aromatic amines is 1. The first-order valence-corrected chi connectivity index (χ1v) is 12.6. The summed E-state index contributed by atoms with van der Waals surface area (Å²) in [5.41, 5.74) is 2.86. The Balaban J connectivity index is 1.24. The molecule has 1 aliphatic heterocycles. The third-order valence-electron chi connectivity index (χ3n) is 7.44. The van der Waals surface area contributed by atoms with Crippen LogP contribution in [-0.2, 0) is 24.1 Å². The van der Waals surface area contributed by atoms with Crippen molar-refractivity contribution in [3.63, 3.8) is 0 Å². The molecule has 182 valence electrons. The highest BCUT2D eigenvalue weighted by Crippen LogP contribution is 2.34. The summed E-state index contributed by atoms with van der Waals surface area (Å²) in [6.45, 7) is 0.725. The molecular weight excluding hydrogens is 447 g/mol. The maximum atomic E-state index is 13.2. The van der Waals surface area contributed by atoms with E-state index < -0.39 is 5.95 Å². The van der Waals surface area contributed by atoms with E-state index in [9.17, 15) is 9.18 Å². The molecule has 4 heterocycles. The first-order chi connectivity index (χ1) is 17.1. The number of anilines is 3. The van der Waals surface area contributed by atoms with Gasteiger partial charge in [0.15, 0.2) is 5.78 Å². The predicted octanol–water partition coefficient (Wildman–Crippen LogP) is 3.80. The molecule has 9 nitrogen and oxygen atoms in total. The molecule has 2 aliphatic carbocycles. The van der Waals surface area contributed by atoms with Crippen LogP contribution in [0.25, 0.3) is 0 Å². The van der Waals surface area contributed by atoms with Crippen LogP contribution in [0.5, 0.6) is 0 Å². The maximum Gasteiger partial charge on any atom is 0.247 e. The lowest BCUT2D eigenvalue weighted by Crippen LogP contribution is -2.38. The Kier molecular flexibility index (Phi) is 5.87. The van der Waals surface area contributed by atoms with Gasteiger partial charge in [-0.05, 0) is 56.6 Å². The SMILES string of the molecule is O=C(Cc1ccc(F)nc1)C1CCCN1c1nc2c(c(Nc3n[nH]c(C4CCCC4)n3)n1)CCC2. The molecule has 0 radical (unpaired) electrons. The first-order valence-electron chi connectivity index (χ1n) is 12.6. The second-order valence-electron chi connectivity index (χ2n) is 9.79. The molecule has 1 unspecified atom stereocenters. The molecule has 1 saturated carbocycles. The summed E-state index contributed by atoms with van der Waals surface area (Å²) in [5.74, 6) is 2.77. The molecule has 6 rings (SSSR count). The molecule has 35 heavy (non-hydrogen) atoms. The molecule has 0 bridgehead atoms. The van der Waals surface area contributed by atoms with Crippen LogP contribution >= 0.6 is 0 Å². The van der Waals surface area contributed by atoms with Crippen LogP contribution in [0.3, 0.4) is 0 Å². The highest BCUT2D eigenvalue weighted by atomic mass is 19.1. The van der Waals surface area contributed by atoms with Gasteiger partial charge in [0.1, 0.15) is 11.6 Å². The molecular formula is C25H29FN8O. The zero-order chi connectivity index (χ0) is 23.8. The standard InChI is InChI=1S/C25H29FN8O/c26-21-11-10-15(14-27-21)13-20(35)19-9-4-12-34(19)25-28-18-8-3-7-17(18)23(31-25)30-24-29-22(32-33-24)16-5-1-2-6-16/h10-11,14,16,19H,1-9,12-13H2,(H2,28,29,30,31,32,33). The average molecular weight is 477 g/mol. The highest BCUT2D eigenvalue weighted by molar-refractivity contribution is 5.89. The summed E-state index contributed by atoms with van der Waals surface area (Å²) in [4.78, 5) is 33.3. The fourth-order valence-corrected chi connectivity index (χ4v) is 5.64. The number of hydrogen-bond acceptors (Lipinski definition) is 8. The fourth-order valence-electron chi connectivity index (χ4n) is 5.64. The van der Waals surface area contributed by atoms with E-state index in [1.165, 1.54) is 25.1 Å². The number of hydrogen-bond donors (Lipinski definition) is 2. The highest BCUT2D eigenvalue weighted by Gasteiger charge is 2.34. The zero-order valence-electron chi connectivity index (χ0n) is 19.6. The van der Waals surface area contributed by atoms with Crippen LogP contribution in [0.4, 0.5) is 22.1 Å². The molecule has 3 aliphatic rings. The minimum Gasteiger partial charge on any atom is -0.331 e. The minimum absolute atomic E-state index is 0.0738. The number of aryl methyl sites for hydroxylation is 1. The third kappa shape index (κ3) is 4.49. The molecule has 3 aromatic rings. The van der Waals surface area contributed by atoms with Crippen molar-refractivity contribution < 1.29 is 9.18 Å². The molecule has 1 atom stereocenters. The van der Waals surface area contributed by atoms with Gasteiger partial charge in [-0.2, -0.15) is 14.4 Å². The lowest BCUT2D eigenvalue weighted by Gasteiger charge is -2.25. The largest absolute Gasteiger partial charge is 0.331 e. The zero-order valence-corrected chi connectivity index (χ0v) is 19.6. The number of H-pyrrole nitrogens is 1. The van der Waals surface area contributed by atoms with Crippen molar-refractivity contribution in [3.05, 3.63) is 46.9 Å². The monoisotopic (exact) mass is 476 g/mol. The molecule has 2 fully saturated rings. The van der Waals surface area contributed by atoms with Crippen molar-refractivity contribution in [1.29, 1.82) is 0 Å². The minimum atomic E-state index is -0.544. The molecule has 2 N–H and O–H groups in total. The number of Topliss-reactive ketones (excluding diaryl/α,β-unsaturated/α-hetero) is 1. The Bertz CT molecular complexity index is 1220.